The number of benzene rings is 1. The van der Waals surface area contributed by atoms with Crippen molar-refractivity contribution < 1.29 is 0 Å². The van der Waals surface area contributed by atoms with Gasteiger partial charge in [-0.3, -0.25) is 0 Å². The fraction of sp³-hybridized carbons (Fsp3) is 0.462. The Balaban J connectivity index is 2.57. The Morgan fingerprint density at radius 1 is 1.33 bits per heavy atom. The lowest BCUT2D eigenvalue weighted by Crippen LogP contribution is -2.17. The third-order valence-electron chi connectivity index (χ3n) is 3.50. The normalized spacial score (nSPS) is 14.1. The number of hydrogen-bond donors (Lipinski definition) is 2. The molecule has 3 nitrogen and oxygen atoms in total. The fourth-order valence-electron chi connectivity index (χ4n) is 1.87. The molecule has 0 saturated carbocycles. The van der Waals surface area contributed by atoms with Crippen LogP contribution in [0.1, 0.15) is 38.1 Å². The van der Waals surface area contributed by atoms with Crippen molar-refractivity contribution in [2.75, 3.05) is 0 Å². The second kappa shape index (κ2) is 4.74. The number of halogens is 2. The summed E-state index contributed by atoms with van der Waals surface area (Å²) in [6.45, 7) is 6.41. The van der Waals surface area contributed by atoms with Gasteiger partial charge in [0.15, 0.2) is 0 Å². The molecule has 0 spiro atoms. The first-order chi connectivity index (χ1) is 8.35. The highest BCUT2D eigenvalue weighted by Gasteiger charge is 2.29. The van der Waals surface area contributed by atoms with E-state index in [1.165, 1.54) is 0 Å². The van der Waals surface area contributed by atoms with E-state index in [1.54, 1.807) is 0 Å². The minimum atomic E-state index is -0.199. The van der Waals surface area contributed by atoms with Gasteiger partial charge in [0.25, 0.3) is 0 Å². The lowest BCUT2D eigenvalue weighted by atomic mass is 9.83. The molecule has 0 saturated heterocycles. The standard InChI is InChI=1S/C13H16BrClN2O/c1-4-13(2,3)11(15)7-5-9-10(6-8(7)14)17-12(18)16-9/h5-6,11H,4H2,1-3H3,(H2,16,17,18). The molecular weight excluding hydrogens is 316 g/mol. The van der Waals surface area contributed by atoms with Crippen molar-refractivity contribution in [2.24, 2.45) is 5.41 Å². The van der Waals surface area contributed by atoms with Crippen molar-refractivity contribution >= 4 is 38.6 Å². The molecule has 1 heterocycles. The van der Waals surface area contributed by atoms with Gasteiger partial charge in [-0.25, -0.2) is 4.79 Å². The summed E-state index contributed by atoms with van der Waals surface area (Å²) < 4.78 is 0.923. The maximum absolute atomic E-state index is 11.3. The number of nitrogens with one attached hydrogen (secondary N) is 2. The second-order valence-corrected chi connectivity index (χ2v) is 6.49. The van der Waals surface area contributed by atoms with Gasteiger partial charge in [0.05, 0.1) is 16.4 Å². The molecule has 0 aliphatic rings. The summed E-state index contributed by atoms with van der Waals surface area (Å²) in [5.74, 6) is 0. The van der Waals surface area contributed by atoms with Crippen LogP contribution in [0, 0.1) is 5.41 Å². The maximum Gasteiger partial charge on any atom is 0.323 e. The van der Waals surface area contributed by atoms with Gasteiger partial charge in [-0.1, -0.05) is 36.7 Å². The molecule has 1 atom stereocenters. The Morgan fingerprint density at radius 2 is 1.89 bits per heavy atom. The van der Waals surface area contributed by atoms with Crippen molar-refractivity contribution in [3.05, 3.63) is 32.7 Å². The summed E-state index contributed by atoms with van der Waals surface area (Å²) in [6, 6.07) is 3.83. The molecule has 1 aromatic carbocycles. The van der Waals surface area contributed by atoms with Crippen LogP contribution in [0.25, 0.3) is 11.0 Å². The molecule has 2 rings (SSSR count). The van der Waals surface area contributed by atoms with Gasteiger partial charge in [0.2, 0.25) is 0 Å². The van der Waals surface area contributed by atoms with Crippen molar-refractivity contribution in [1.29, 1.82) is 0 Å². The Bertz CT molecular complexity index is 629. The molecular formula is C13H16BrClN2O. The van der Waals surface area contributed by atoms with E-state index in [4.69, 9.17) is 11.6 Å². The van der Waals surface area contributed by atoms with Gasteiger partial charge in [0.1, 0.15) is 0 Å². The Labute approximate surface area is 119 Å². The second-order valence-electron chi connectivity index (χ2n) is 5.20. The molecule has 0 radical (unpaired) electrons. The molecule has 1 aromatic heterocycles. The fourth-order valence-corrected chi connectivity index (χ4v) is 2.91. The molecule has 0 fully saturated rings. The van der Waals surface area contributed by atoms with Gasteiger partial charge in [-0.2, -0.15) is 0 Å². The first-order valence-electron chi connectivity index (χ1n) is 5.90. The highest BCUT2D eigenvalue weighted by Crippen LogP contribution is 2.44. The average molecular weight is 332 g/mol. The quantitative estimate of drug-likeness (QED) is 0.808. The summed E-state index contributed by atoms with van der Waals surface area (Å²) in [7, 11) is 0. The zero-order valence-corrected chi connectivity index (χ0v) is 12.9. The van der Waals surface area contributed by atoms with Crippen LogP contribution in [0.4, 0.5) is 0 Å². The van der Waals surface area contributed by atoms with Crippen molar-refractivity contribution in [3.63, 3.8) is 0 Å². The number of imidazole rings is 1. The Kier molecular flexibility index (Phi) is 3.60. The van der Waals surface area contributed by atoms with E-state index in [0.717, 1.165) is 27.5 Å². The molecule has 0 amide bonds. The van der Waals surface area contributed by atoms with E-state index in [1.807, 2.05) is 12.1 Å². The summed E-state index contributed by atoms with van der Waals surface area (Å²) in [4.78, 5) is 16.8. The molecule has 2 aromatic rings. The smallest absolute Gasteiger partial charge is 0.306 e. The number of H-pyrrole nitrogens is 2. The average Bonchev–Trinajstić information content (AvgIpc) is 2.66. The van der Waals surface area contributed by atoms with E-state index in [2.05, 4.69) is 46.7 Å². The Morgan fingerprint density at radius 3 is 2.44 bits per heavy atom. The van der Waals surface area contributed by atoms with Crippen LogP contribution in [0.2, 0.25) is 0 Å². The van der Waals surface area contributed by atoms with Crippen LogP contribution in [-0.2, 0) is 0 Å². The molecule has 0 bridgehead atoms. The highest BCUT2D eigenvalue weighted by molar-refractivity contribution is 9.10. The van der Waals surface area contributed by atoms with Crippen LogP contribution in [0.15, 0.2) is 21.4 Å². The van der Waals surface area contributed by atoms with Crippen LogP contribution >= 0.6 is 27.5 Å². The van der Waals surface area contributed by atoms with Gasteiger partial charge < -0.3 is 9.97 Å². The molecule has 98 valence electrons. The topological polar surface area (TPSA) is 48.6 Å². The maximum atomic E-state index is 11.3. The van der Waals surface area contributed by atoms with E-state index >= 15 is 0 Å². The van der Waals surface area contributed by atoms with Gasteiger partial charge in [-0.15, -0.1) is 11.6 Å². The zero-order chi connectivity index (χ0) is 13.5. The van der Waals surface area contributed by atoms with Crippen molar-refractivity contribution in [2.45, 2.75) is 32.6 Å². The van der Waals surface area contributed by atoms with Crippen LogP contribution in [0.3, 0.4) is 0 Å². The number of fused-ring (bicyclic) bond motifs is 1. The molecule has 2 N–H and O–H groups in total. The van der Waals surface area contributed by atoms with E-state index in [9.17, 15) is 4.79 Å². The molecule has 1 unspecified atom stereocenters. The third kappa shape index (κ3) is 2.36. The van der Waals surface area contributed by atoms with E-state index in [0.29, 0.717) is 0 Å². The SMILES string of the molecule is CCC(C)(C)C(Cl)c1cc2[nH]c(=O)[nH]c2cc1Br. The monoisotopic (exact) mass is 330 g/mol. The first-order valence-corrected chi connectivity index (χ1v) is 7.13. The highest BCUT2D eigenvalue weighted by atomic mass is 79.9. The predicted octanol–water partition coefficient (Wildman–Crippen LogP) is 4.33. The van der Waals surface area contributed by atoms with Gasteiger partial charge >= 0.3 is 5.69 Å². The van der Waals surface area contributed by atoms with Crippen LogP contribution < -0.4 is 5.69 Å². The summed E-state index contributed by atoms with van der Waals surface area (Å²) in [6.07, 6.45) is 0.981. The minimum absolute atomic E-state index is 0.00560. The predicted molar refractivity (Wildman–Crippen MR) is 79.3 cm³/mol. The largest absolute Gasteiger partial charge is 0.323 e. The van der Waals surface area contributed by atoms with Crippen LogP contribution in [-0.4, -0.2) is 9.97 Å². The summed E-state index contributed by atoms with van der Waals surface area (Å²) in [5, 5.41) is -0.111. The minimum Gasteiger partial charge on any atom is -0.306 e. The summed E-state index contributed by atoms with van der Waals surface area (Å²) >= 11 is 10.1. The number of rotatable bonds is 3. The van der Waals surface area contributed by atoms with Gasteiger partial charge in [0, 0.05) is 4.47 Å². The molecule has 5 heteroatoms. The Hall–Kier alpha value is -0.740. The van der Waals surface area contributed by atoms with E-state index < -0.39 is 0 Å². The number of aromatic amines is 2. The number of hydrogen-bond acceptors (Lipinski definition) is 1. The zero-order valence-electron chi connectivity index (χ0n) is 10.6. The number of aromatic nitrogens is 2. The van der Waals surface area contributed by atoms with E-state index in [-0.39, 0.29) is 16.5 Å². The van der Waals surface area contributed by atoms with Crippen LogP contribution in [0.5, 0.6) is 0 Å². The third-order valence-corrected chi connectivity index (χ3v) is 5.02. The van der Waals surface area contributed by atoms with Crippen molar-refractivity contribution in [3.8, 4) is 0 Å². The first kappa shape index (κ1) is 13.7. The van der Waals surface area contributed by atoms with Crippen molar-refractivity contribution in [1.82, 2.24) is 9.97 Å². The lowest BCUT2D eigenvalue weighted by molar-refractivity contribution is 0.336. The number of alkyl halides is 1. The molecule has 0 aliphatic carbocycles. The summed E-state index contributed by atoms with van der Waals surface area (Å²) in [5.41, 5.74) is 2.37. The molecule has 18 heavy (non-hydrogen) atoms. The lowest BCUT2D eigenvalue weighted by Gasteiger charge is -2.29. The molecule has 0 aliphatic heterocycles. The van der Waals surface area contributed by atoms with Gasteiger partial charge in [-0.05, 0) is 29.5 Å².